The zero-order valence-corrected chi connectivity index (χ0v) is 12.7. The van der Waals surface area contributed by atoms with Gasteiger partial charge in [0.1, 0.15) is 16.4 Å². The monoisotopic (exact) mass is 300 g/mol. The van der Waals surface area contributed by atoms with Crippen molar-refractivity contribution >= 4 is 10.0 Å². The summed E-state index contributed by atoms with van der Waals surface area (Å²) in [7, 11) is 1.35. The molecule has 0 aliphatic carbocycles. The molecule has 6 nitrogen and oxygen atoms in total. The largest absolute Gasteiger partial charge is 0.497 e. The van der Waals surface area contributed by atoms with E-state index in [2.05, 4.69) is 9.62 Å². The molecule has 1 unspecified atom stereocenters. The van der Waals surface area contributed by atoms with Gasteiger partial charge in [0.25, 0.3) is 0 Å². The fourth-order valence-corrected chi connectivity index (χ4v) is 3.72. The minimum atomic E-state index is -3.59. The number of nitrogens with one attached hydrogen (secondary N) is 1. The Morgan fingerprint density at radius 2 is 2.05 bits per heavy atom. The van der Waals surface area contributed by atoms with Gasteiger partial charge in [-0.25, -0.2) is 13.1 Å². The molecule has 7 heteroatoms. The molecule has 2 rings (SSSR count). The van der Waals surface area contributed by atoms with Crippen molar-refractivity contribution in [3.8, 4) is 11.5 Å². The number of nitrogens with zero attached hydrogens (tertiary/aromatic N) is 1. The zero-order valence-electron chi connectivity index (χ0n) is 11.9. The molecule has 1 N–H and O–H groups in total. The van der Waals surface area contributed by atoms with Crippen LogP contribution in [-0.4, -0.2) is 53.7 Å². The lowest BCUT2D eigenvalue weighted by Crippen LogP contribution is -2.36. The summed E-state index contributed by atoms with van der Waals surface area (Å²) < 4.78 is 37.8. The Morgan fingerprint density at radius 1 is 1.30 bits per heavy atom. The number of sulfonamides is 1. The van der Waals surface area contributed by atoms with Crippen molar-refractivity contribution in [2.24, 2.45) is 0 Å². The van der Waals surface area contributed by atoms with Crippen LogP contribution in [0.5, 0.6) is 11.5 Å². The van der Waals surface area contributed by atoms with E-state index in [9.17, 15) is 8.42 Å². The van der Waals surface area contributed by atoms with Crippen LogP contribution in [0.4, 0.5) is 0 Å². The van der Waals surface area contributed by atoms with Crippen LogP contribution >= 0.6 is 0 Å². The van der Waals surface area contributed by atoms with Gasteiger partial charge in [-0.3, -0.25) is 0 Å². The van der Waals surface area contributed by atoms with Gasteiger partial charge in [-0.2, -0.15) is 0 Å². The van der Waals surface area contributed by atoms with Crippen molar-refractivity contribution in [1.29, 1.82) is 0 Å². The molecule has 0 bridgehead atoms. The van der Waals surface area contributed by atoms with Gasteiger partial charge in [0.05, 0.1) is 14.2 Å². The maximum atomic E-state index is 12.4. The first-order valence-electron chi connectivity index (χ1n) is 6.39. The molecule has 20 heavy (non-hydrogen) atoms. The summed E-state index contributed by atoms with van der Waals surface area (Å²) in [5, 5.41) is 0. The lowest BCUT2D eigenvalue weighted by atomic mass is 10.3. The van der Waals surface area contributed by atoms with Crippen LogP contribution in [0.3, 0.4) is 0 Å². The van der Waals surface area contributed by atoms with Crippen LogP contribution in [0.2, 0.25) is 0 Å². The number of methoxy groups -OCH3 is 2. The molecule has 0 radical (unpaired) electrons. The van der Waals surface area contributed by atoms with Crippen LogP contribution in [0.25, 0.3) is 0 Å². The number of hydrogen-bond acceptors (Lipinski definition) is 5. The molecule has 1 aliphatic rings. The molecule has 1 aromatic rings. The number of rotatable bonds is 5. The number of ether oxygens (including phenoxy) is 2. The van der Waals surface area contributed by atoms with Gasteiger partial charge in [-0.15, -0.1) is 0 Å². The number of likely N-dealkylation sites (tertiary alicyclic amines) is 1. The third kappa shape index (κ3) is 3.23. The molecule has 1 saturated heterocycles. The highest BCUT2D eigenvalue weighted by atomic mass is 32.2. The Hall–Kier alpha value is -1.31. The fraction of sp³-hybridized carbons (Fsp3) is 0.538. The van der Waals surface area contributed by atoms with Crippen LogP contribution in [-0.2, 0) is 10.0 Å². The Morgan fingerprint density at radius 3 is 2.60 bits per heavy atom. The molecule has 0 amide bonds. The van der Waals surface area contributed by atoms with Crippen LogP contribution in [0.15, 0.2) is 23.1 Å². The second-order valence-electron chi connectivity index (χ2n) is 4.89. The summed E-state index contributed by atoms with van der Waals surface area (Å²) in [5.74, 6) is 0.838. The third-order valence-corrected chi connectivity index (χ3v) is 4.93. The molecular weight excluding hydrogens is 280 g/mol. The van der Waals surface area contributed by atoms with Crippen LogP contribution < -0.4 is 14.2 Å². The van der Waals surface area contributed by atoms with E-state index in [0.717, 1.165) is 19.5 Å². The second kappa shape index (κ2) is 5.99. The molecule has 1 heterocycles. The molecule has 0 saturated carbocycles. The number of hydrogen-bond donors (Lipinski definition) is 1. The lowest BCUT2D eigenvalue weighted by molar-refractivity contribution is 0.385. The van der Waals surface area contributed by atoms with E-state index in [1.807, 2.05) is 7.05 Å². The minimum Gasteiger partial charge on any atom is -0.497 e. The standard InChI is InChI=1S/C13H20N2O4S/c1-15-7-6-10(9-15)14-20(16,17)13-5-4-11(18-2)8-12(13)19-3/h4-5,8,10,14H,6-7,9H2,1-3H3. The van der Waals surface area contributed by atoms with Crippen molar-refractivity contribution in [1.82, 2.24) is 9.62 Å². The predicted octanol–water partition coefficient (Wildman–Crippen LogP) is 0.686. The third-order valence-electron chi connectivity index (χ3n) is 3.37. The van der Waals surface area contributed by atoms with Gasteiger partial charge in [-0.1, -0.05) is 0 Å². The minimum absolute atomic E-state index is 0.0585. The van der Waals surface area contributed by atoms with E-state index in [-0.39, 0.29) is 16.7 Å². The number of likely N-dealkylation sites (N-methyl/N-ethyl adjacent to an activating group) is 1. The van der Waals surface area contributed by atoms with E-state index in [1.54, 1.807) is 12.1 Å². The highest BCUT2D eigenvalue weighted by molar-refractivity contribution is 7.89. The topological polar surface area (TPSA) is 67.9 Å². The van der Waals surface area contributed by atoms with Gasteiger partial charge in [0, 0.05) is 18.7 Å². The summed E-state index contributed by atoms with van der Waals surface area (Å²) in [5.41, 5.74) is 0. The number of benzene rings is 1. The molecule has 1 atom stereocenters. The second-order valence-corrected chi connectivity index (χ2v) is 6.57. The van der Waals surface area contributed by atoms with Gasteiger partial charge < -0.3 is 14.4 Å². The van der Waals surface area contributed by atoms with Gasteiger partial charge in [0.2, 0.25) is 10.0 Å². The summed E-state index contributed by atoms with van der Waals surface area (Å²) in [4.78, 5) is 2.23. The summed E-state index contributed by atoms with van der Waals surface area (Å²) >= 11 is 0. The Kier molecular flexibility index (Phi) is 4.52. The van der Waals surface area contributed by atoms with Gasteiger partial charge in [-0.05, 0) is 32.1 Å². The lowest BCUT2D eigenvalue weighted by Gasteiger charge is -2.15. The molecule has 1 aromatic carbocycles. The van der Waals surface area contributed by atoms with E-state index in [1.165, 1.54) is 20.3 Å². The van der Waals surface area contributed by atoms with E-state index in [4.69, 9.17) is 9.47 Å². The molecule has 112 valence electrons. The first-order valence-corrected chi connectivity index (χ1v) is 7.87. The Balaban J connectivity index is 2.24. The average Bonchev–Trinajstić information content (AvgIpc) is 2.82. The van der Waals surface area contributed by atoms with Crippen molar-refractivity contribution in [3.05, 3.63) is 18.2 Å². The zero-order chi connectivity index (χ0) is 14.8. The highest BCUT2D eigenvalue weighted by Crippen LogP contribution is 2.28. The molecule has 0 spiro atoms. The smallest absolute Gasteiger partial charge is 0.244 e. The Labute approximate surface area is 119 Å². The quantitative estimate of drug-likeness (QED) is 0.866. The van der Waals surface area contributed by atoms with Gasteiger partial charge >= 0.3 is 0 Å². The predicted molar refractivity (Wildman–Crippen MR) is 75.8 cm³/mol. The van der Waals surface area contributed by atoms with E-state index < -0.39 is 10.0 Å². The van der Waals surface area contributed by atoms with Crippen molar-refractivity contribution in [2.45, 2.75) is 17.4 Å². The van der Waals surface area contributed by atoms with Crippen LogP contribution in [0, 0.1) is 0 Å². The van der Waals surface area contributed by atoms with E-state index >= 15 is 0 Å². The Bertz CT molecular complexity index is 574. The average molecular weight is 300 g/mol. The van der Waals surface area contributed by atoms with Gasteiger partial charge in [0.15, 0.2) is 0 Å². The molecule has 1 aliphatic heterocycles. The normalized spacial score (nSPS) is 20.1. The fourth-order valence-electron chi connectivity index (χ4n) is 2.31. The van der Waals surface area contributed by atoms with Crippen molar-refractivity contribution < 1.29 is 17.9 Å². The van der Waals surface area contributed by atoms with Crippen molar-refractivity contribution in [2.75, 3.05) is 34.4 Å². The SMILES string of the molecule is COc1ccc(S(=O)(=O)NC2CCN(C)C2)c(OC)c1. The molecule has 1 fully saturated rings. The molecular formula is C13H20N2O4S. The van der Waals surface area contributed by atoms with E-state index in [0.29, 0.717) is 5.75 Å². The van der Waals surface area contributed by atoms with Crippen LogP contribution in [0.1, 0.15) is 6.42 Å². The highest BCUT2D eigenvalue weighted by Gasteiger charge is 2.27. The molecule has 0 aromatic heterocycles. The van der Waals surface area contributed by atoms with Crippen molar-refractivity contribution in [3.63, 3.8) is 0 Å². The maximum Gasteiger partial charge on any atom is 0.244 e. The first-order chi connectivity index (χ1) is 9.46. The summed E-state index contributed by atoms with van der Waals surface area (Å²) in [6.07, 6.45) is 0.814. The summed E-state index contributed by atoms with van der Waals surface area (Å²) in [6, 6.07) is 4.61. The first kappa shape index (κ1) is 15.1. The maximum absolute atomic E-state index is 12.4. The summed E-state index contributed by atoms with van der Waals surface area (Å²) in [6.45, 7) is 1.62.